The molecule has 2 rings (SSSR count). The molecule has 2 aromatic heterocycles. The number of aromatic nitrogens is 1. The number of ketones is 1. The number of nitrogens with zero attached hydrogens (tertiary/aromatic N) is 1. The van der Waals surface area contributed by atoms with E-state index >= 15 is 0 Å². The molecule has 0 fully saturated rings. The first-order valence-electron chi connectivity index (χ1n) is 4.38. The monoisotopic (exact) mass is 219 g/mol. The maximum atomic E-state index is 11.8. The van der Waals surface area contributed by atoms with Crippen molar-refractivity contribution in [2.24, 2.45) is 0 Å². The van der Waals surface area contributed by atoms with E-state index in [2.05, 4.69) is 4.98 Å². The van der Waals surface area contributed by atoms with E-state index in [0.29, 0.717) is 17.0 Å². The summed E-state index contributed by atoms with van der Waals surface area (Å²) in [5.41, 5.74) is 1.28. The molecule has 76 valence electrons. The molecule has 2 aromatic rings. The van der Waals surface area contributed by atoms with E-state index < -0.39 is 0 Å². The summed E-state index contributed by atoms with van der Waals surface area (Å²) in [5.74, 6) is 0.503. The minimum atomic E-state index is -0.00796. The summed E-state index contributed by atoms with van der Waals surface area (Å²) in [5, 5.41) is 3.71. The van der Waals surface area contributed by atoms with Crippen LogP contribution in [0, 0.1) is 0 Å². The van der Waals surface area contributed by atoms with Gasteiger partial charge in [0.05, 0.1) is 7.11 Å². The molecule has 0 amide bonds. The molecule has 0 bridgehead atoms. The number of hydrogen-bond acceptors (Lipinski definition) is 4. The van der Waals surface area contributed by atoms with Crippen LogP contribution in [0.1, 0.15) is 15.9 Å². The van der Waals surface area contributed by atoms with Crippen LogP contribution in [0.5, 0.6) is 5.88 Å². The van der Waals surface area contributed by atoms with Gasteiger partial charge in [0.1, 0.15) is 0 Å². The van der Waals surface area contributed by atoms with Crippen molar-refractivity contribution in [2.45, 2.75) is 0 Å². The molecule has 0 spiro atoms. The number of pyridine rings is 1. The van der Waals surface area contributed by atoms with Crippen LogP contribution >= 0.6 is 11.3 Å². The summed E-state index contributed by atoms with van der Waals surface area (Å²) < 4.78 is 4.92. The number of ether oxygens (including phenoxy) is 1. The zero-order valence-electron chi connectivity index (χ0n) is 8.14. The molecular weight excluding hydrogens is 210 g/mol. The number of rotatable bonds is 3. The lowest BCUT2D eigenvalue weighted by molar-refractivity contribution is 0.103. The van der Waals surface area contributed by atoms with Crippen LogP contribution in [0.3, 0.4) is 0 Å². The number of thiophene rings is 1. The second-order valence-corrected chi connectivity index (χ2v) is 3.71. The fraction of sp³-hybridized carbons (Fsp3) is 0.0909. The third-order valence-corrected chi connectivity index (χ3v) is 2.67. The summed E-state index contributed by atoms with van der Waals surface area (Å²) in [6.45, 7) is 0. The summed E-state index contributed by atoms with van der Waals surface area (Å²) in [7, 11) is 1.54. The Bertz CT molecular complexity index is 448. The quantitative estimate of drug-likeness (QED) is 0.744. The lowest BCUT2D eigenvalue weighted by atomic mass is 10.1. The standard InChI is InChI=1S/C11H9NO2S/c1-14-10-3-2-8(6-12-10)11(13)9-4-5-15-7-9/h2-7H,1H3. The van der Waals surface area contributed by atoms with Gasteiger partial charge in [0.25, 0.3) is 0 Å². The molecule has 0 aliphatic carbocycles. The normalized spacial score (nSPS) is 9.93. The summed E-state index contributed by atoms with van der Waals surface area (Å²) in [4.78, 5) is 15.8. The highest BCUT2D eigenvalue weighted by Gasteiger charge is 2.09. The molecule has 4 heteroatoms. The highest BCUT2D eigenvalue weighted by atomic mass is 32.1. The highest BCUT2D eigenvalue weighted by molar-refractivity contribution is 7.08. The summed E-state index contributed by atoms with van der Waals surface area (Å²) in [6.07, 6.45) is 1.53. The number of hydrogen-bond donors (Lipinski definition) is 0. The van der Waals surface area contributed by atoms with E-state index in [1.807, 2.05) is 10.8 Å². The predicted octanol–water partition coefficient (Wildman–Crippen LogP) is 2.38. The lowest BCUT2D eigenvalue weighted by Crippen LogP contribution is -2.00. The Morgan fingerprint density at radius 3 is 2.73 bits per heavy atom. The van der Waals surface area contributed by atoms with E-state index in [1.165, 1.54) is 17.5 Å². The van der Waals surface area contributed by atoms with Crippen LogP contribution in [0.25, 0.3) is 0 Å². The van der Waals surface area contributed by atoms with Gasteiger partial charge in [-0.2, -0.15) is 11.3 Å². The third-order valence-electron chi connectivity index (χ3n) is 1.99. The Morgan fingerprint density at radius 1 is 1.33 bits per heavy atom. The average Bonchev–Trinajstić information content (AvgIpc) is 2.82. The molecule has 3 nitrogen and oxygen atoms in total. The molecule has 0 unspecified atom stereocenters. The Kier molecular flexibility index (Phi) is 2.78. The van der Waals surface area contributed by atoms with Gasteiger partial charge in [-0.3, -0.25) is 4.79 Å². The second kappa shape index (κ2) is 4.23. The SMILES string of the molecule is COc1ccc(C(=O)c2ccsc2)cn1. The fourth-order valence-electron chi connectivity index (χ4n) is 1.20. The largest absolute Gasteiger partial charge is 0.481 e. The van der Waals surface area contributed by atoms with E-state index in [-0.39, 0.29) is 5.78 Å². The van der Waals surface area contributed by atoms with Crippen molar-refractivity contribution in [1.82, 2.24) is 4.98 Å². The Labute approximate surface area is 91.4 Å². The minimum Gasteiger partial charge on any atom is -0.481 e. The van der Waals surface area contributed by atoms with Gasteiger partial charge in [-0.05, 0) is 17.5 Å². The number of carbonyl (C=O) groups excluding carboxylic acids is 1. The van der Waals surface area contributed by atoms with Crippen LogP contribution < -0.4 is 4.74 Å². The van der Waals surface area contributed by atoms with Gasteiger partial charge < -0.3 is 4.74 Å². The van der Waals surface area contributed by atoms with Crippen LogP contribution in [-0.4, -0.2) is 17.9 Å². The molecule has 0 aliphatic heterocycles. The molecule has 0 radical (unpaired) electrons. The van der Waals surface area contributed by atoms with Crippen molar-refractivity contribution in [3.8, 4) is 5.88 Å². The number of carbonyl (C=O) groups is 1. The average molecular weight is 219 g/mol. The predicted molar refractivity (Wildman–Crippen MR) is 58.5 cm³/mol. The first-order valence-corrected chi connectivity index (χ1v) is 5.32. The number of methoxy groups -OCH3 is 1. The molecule has 0 saturated carbocycles. The molecule has 2 heterocycles. The first-order chi connectivity index (χ1) is 7.31. The third kappa shape index (κ3) is 2.05. The van der Waals surface area contributed by atoms with Gasteiger partial charge in [-0.25, -0.2) is 4.98 Å². The minimum absolute atomic E-state index is 0.00796. The Balaban J connectivity index is 2.27. The smallest absolute Gasteiger partial charge is 0.212 e. The van der Waals surface area contributed by atoms with Crippen LogP contribution in [0.2, 0.25) is 0 Å². The molecule has 0 atom stereocenters. The maximum Gasteiger partial charge on any atom is 0.212 e. The van der Waals surface area contributed by atoms with E-state index in [9.17, 15) is 4.79 Å². The van der Waals surface area contributed by atoms with Crippen LogP contribution in [0.4, 0.5) is 0 Å². The highest BCUT2D eigenvalue weighted by Crippen LogP contribution is 2.14. The van der Waals surface area contributed by atoms with Gasteiger partial charge in [-0.15, -0.1) is 0 Å². The molecule has 0 saturated heterocycles. The van der Waals surface area contributed by atoms with Crippen molar-refractivity contribution in [1.29, 1.82) is 0 Å². The van der Waals surface area contributed by atoms with Crippen molar-refractivity contribution >= 4 is 17.1 Å². The molecule has 0 aromatic carbocycles. The van der Waals surface area contributed by atoms with Gasteiger partial charge in [-0.1, -0.05) is 0 Å². The zero-order chi connectivity index (χ0) is 10.7. The molecule has 15 heavy (non-hydrogen) atoms. The van der Waals surface area contributed by atoms with Crippen LogP contribution in [-0.2, 0) is 0 Å². The van der Waals surface area contributed by atoms with Crippen molar-refractivity contribution in [3.05, 3.63) is 46.3 Å². The summed E-state index contributed by atoms with van der Waals surface area (Å²) >= 11 is 1.50. The van der Waals surface area contributed by atoms with Crippen molar-refractivity contribution in [2.75, 3.05) is 7.11 Å². The lowest BCUT2D eigenvalue weighted by Gasteiger charge is -2.00. The van der Waals surface area contributed by atoms with Gasteiger partial charge in [0, 0.05) is 28.8 Å². The van der Waals surface area contributed by atoms with Crippen molar-refractivity contribution in [3.63, 3.8) is 0 Å². The van der Waals surface area contributed by atoms with E-state index in [1.54, 1.807) is 25.3 Å². The Morgan fingerprint density at radius 2 is 2.20 bits per heavy atom. The molecular formula is C11H9NO2S. The van der Waals surface area contributed by atoms with E-state index in [4.69, 9.17) is 4.74 Å². The van der Waals surface area contributed by atoms with Crippen molar-refractivity contribution < 1.29 is 9.53 Å². The summed E-state index contributed by atoms with van der Waals surface area (Å²) in [6, 6.07) is 5.20. The fourth-order valence-corrected chi connectivity index (χ4v) is 1.83. The molecule has 0 N–H and O–H groups in total. The topological polar surface area (TPSA) is 39.2 Å². The molecule has 0 aliphatic rings. The Hall–Kier alpha value is -1.68. The maximum absolute atomic E-state index is 11.8. The van der Waals surface area contributed by atoms with Gasteiger partial charge in [0.15, 0.2) is 5.78 Å². The van der Waals surface area contributed by atoms with Crippen LogP contribution in [0.15, 0.2) is 35.2 Å². The van der Waals surface area contributed by atoms with Gasteiger partial charge in [0.2, 0.25) is 5.88 Å². The first kappa shape index (κ1) is 9.86. The zero-order valence-corrected chi connectivity index (χ0v) is 8.95. The van der Waals surface area contributed by atoms with E-state index in [0.717, 1.165) is 0 Å². The second-order valence-electron chi connectivity index (χ2n) is 2.93. The van der Waals surface area contributed by atoms with Gasteiger partial charge >= 0.3 is 0 Å².